The molecule has 11 aromatic carbocycles. The van der Waals surface area contributed by atoms with E-state index in [0.29, 0.717) is 0 Å². The Morgan fingerprint density at radius 1 is 0.323 bits per heavy atom. The van der Waals surface area contributed by atoms with Gasteiger partial charge in [0.05, 0.1) is 22.2 Å². The number of rotatable bonds is 5. The van der Waals surface area contributed by atoms with Gasteiger partial charge in [0.25, 0.3) is 0 Å². The first-order chi connectivity index (χ1) is 32.3. The van der Waals surface area contributed by atoms with Crippen LogP contribution in [0, 0.1) is 0 Å². The fraction of sp³-hybridized carbons (Fsp3) is 0.0159. The highest BCUT2D eigenvalue weighted by molar-refractivity contribution is 6.23. The van der Waals surface area contributed by atoms with Crippen LogP contribution in [0.4, 0.5) is 17.1 Å². The Bertz CT molecular complexity index is 3840. The summed E-state index contributed by atoms with van der Waals surface area (Å²) >= 11 is 0. The van der Waals surface area contributed by atoms with E-state index in [1.165, 1.54) is 72.0 Å². The largest absolute Gasteiger partial charge is 0.455 e. The maximum absolute atomic E-state index is 6.94. The molecule has 0 saturated heterocycles. The summed E-state index contributed by atoms with van der Waals surface area (Å²) < 4.78 is 6.94. The molecule has 1 spiro atoms. The molecule has 0 aliphatic heterocycles. The van der Waals surface area contributed by atoms with Crippen molar-refractivity contribution in [1.29, 1.82) is 0 Å². The molecule has 0 atom stereocenters. The molecule has 302 valence electrons. The first kappa shape index (κ1) is 36.1. The SMILES string of the molecule is c1ccc(N(c2cccc3ccccc23)c2cccc3oc4c5ccccc5c(-c5cccc(-c6ccc7c(c6)C6(c8ccccc8-c8ccccc86)c6ccccc6-7)c5)cc4c23)cc1. The molecular formula is C63H39NO. The molecule has 2 heteroatoms. The van der Waals surface area contributed by atoms with Gasteiger partial charge >= 0.3 is 0 Å². The quantitative estimate of drug-likeness (QED) is 0.172. The Morgan fingerprint density at radius 3 is 1.63 bits per heavy atom. The normalized spacial score (nSPS) is 13.0. The van der Waals surface area contributed by atoms with Crippen molar-refractivity contribution >= 4 is 60.5 Å². The van der Waals surface area contributed by atoms with Crippen molar-refractivity contribution in [2.75, 3.05) is 4.90 Å². The molecule has 2 aliphatic carbocycles. The maximum atomic E-state index is 6.94. The summed E-state index contributed by atoms with van der Waals surface area (Å²) in [5, 5.41) is 6.82. The van der Waals surface area contributed by atoms with Crippen LogP contribution in [-0.2, 0) is 5.41 Å². The van der Waals surface area contributed by atoms with Crippen LogP contribution in [0.15, 0.2) is 241 Å². The van der Waals surface area contributed by atoms with Gasteiger partial charge in [0, 0.05) is 21.8 Å². The Morgan fingerprint density at radius 2 is 0.877 bits per heavy atom. The molecule has 0 N–H and O–H groups in total. The second kappa shape index (κ2) is 13.8. The molecule has 0 saturated carbocycles. The van der Waals surface area contributed by atoms with Crippen LogP contribution in [0.1, 0.15) is 22.3 Å². The minimum absolute atomic E-state index is 0.395. The van der Waals surface area contributed by atoms with Crippen molar-refractivity contribution in [2.24, 2.45) is 0 Å². The molecule has 65 heavy (non-hydrogen) atoms. The van der Waals surface area contributed by atoms with E-state index in [9.17, 15) is 0 Å². The van der Waals surface area contributed by atoms with Gasteiger partial charge in [0.1, 0.15) is 11.2 Å². The number of benzene rings is 11. The lowest BCUT2D eigenvalue weighted by molar-refractivity contribution is 0.672. The summed E-state index contributed by atoms with van der Waals surface area (Å²) in [5.41, 5.74) is 20.0. The highest BCUT2D eigenvalue weighted by Gasteiger charge is 2.51. The molecule has 14 rings (SSSR count). The minimum atomic E-state index is -0.395. The van der Waals surface area contributed by atoms with E-state index in [2.05, 4.69) is 241 Å². The number of nitrogens with zero attached hydrogens (tertiary/aromatic N) is 1. The lowest BCUT2D eigenvalue weighted by Gasteiger charge is -2.30. The van der Waals surface area contributed by atoms with Crippen molar-refractivity contribution in [3.8, 4) is 44.5 Å². The summed E-state index contributed by atoms with van der Waals surface area (Å²) in [7, 11) is 0. The Kier molecular flexibility index (Phi) is 7.64. The van der Waals surface area contributed by atoms with Crippen LogP contribution in [0.25, 0.3) is 88.0 Å². The third kappa shape index (κ3) is 5.05. The third-order valence-electron chi connectivity index (χ3n) is 14.2. The average molecular weight is 826 g/mol. The van der Waals surface area contributed by atoms with Crippen molar-refractivity contribution in [3.63, 3.8) is 0 Å². The van der Waals surface area contributed by atoms with Crippen molar-refractivity contribution in [2.45, 2.75) is 5.41 Å². The number of para-hydroxylation sites is 1. The van der Waals surface area contributed by atoms with Crippen LogP contribution in [-0.4, -0.2) is 0 Å². The van der Waals surface area contributed by atoms with E-state index in [4.69, 9.17) is 4.42 Å². The molecule has 2 aliphatic rings. The summed E-state index contributed by atoms with van der Waals surface area (Å²) in [6, 6.07) is 86.9. The molecule has 0 fully saturated rings. The van der Waals surface area contributed by atoms with Gasteiger partial charge in [-0.1, -0.05) is 188 Å². The van der Waals surface area contributed by atoms with Crippen LogP contribution in [0.3, 0.4) is 0 Å². The van der Waals surface area contributed by atoms with Gasteiger partial charge in [0.2, 0.25) is 0 Å². The summed E-state index contributed by atoms with van der Waals surface area (Å²) in [5.74, 6) is 0. The number of fused-ring (bicyclic) bond motifs is 16. The molecule has 0 bridgehead atoms. The number of hydrogen-bond acceptors (Lipinski definition) is 2. The monoisotopic (exact) mass is 825 g/mol. The van der Waals surface area contributed by atoms with E-state index in [1.807, 2.05) is 0 Å². The van der Waals surface area contributed by atoms with Crippen LogP contribution >= 0.6 is 0 Å². The van der Waals surface area contributed by atoms with Crippen LogP contribution < -0.4 is 4.90 Å². The Hall–Kier alpha value is -8.46. The van der Waals surface area contributed by atoms with Crippen molar-refractivity contribution in [1.82, 2.24) is 0 Å². The first-order valence-corrected chi connectivity index (χ1v) is 22.5. The maximum Gasteiger partial charge on any atom is 0.143 e. The topological polar surface area (TPSA) is 16.4 Å². The van der Waals surface area contributed by atoms with E-state index in [0.717, 1.165) is 55.3 Å². The Labute approximate surface area is 376 Å². The fourth-order valence-electron chi connectivity index (χ4n) is 11.6. The molecule has 0 radical (unpaired) electrons. The lowest BCUT2D eigenvalue weighted by Crippen LogP contribution is -2.25. The average Bonchev–Trinajstić information content (AvgIpc) is 4.01. The summed E-state index contributed by atoms with van der Waals surface area (Å²) in [6.45, 7) is 0. The van der Waals surface area contributed by atoms with Gasteiger partial charge in [-0.2, -0.15) is 0 Å². The smallest absolute Gasteiger partial charge is 0.143 e. The van der Waals surface area contributed by atoms with Gasteiger partial charge in [-0.15, -0.1) is 0 Å². The summed E-state index contributed by atoms with van der Waals surface area (Å²) in [6.07, 6.45) is 0. The second-order valence-electron chi connectivity index (χ2n) is 17.5. The van der Waals surface area contributed by atoms with Crippen LogP contribution in [0.2, 0.25) is 0 Å². The predicted octanol–water partition coefficient (Wildman–Crippen LogP) is 17.0. The first-order valence-electron chi connectivity index (χ1n) is 22.5. The Balaban J connectivity index is 0.975. The van der Waals surface area contributed by atoms with E-state index >= 15 is 0 Å². The standard InChI is InChI=1S/C63H39NO/c1-2-21-44(22-3-1)64(58-32-15-18-40-17-4-5-23-45(40)58)59-33-16-34-60-61(59)53-39-52(46-24-6-7-28-51(46)62(53)65-60)43-20-14-19-41(37-43)42-35-36-50-49-27-10-13-31-56(49)63(57(50)38-42)54-29-11-8-25-47(54)48-26-9-12-30-55(48)63/h1-39H. The molecule has 0 unspecified atom stereocenters. The number of furan rings is 1. The second-order valence-corrected chi connectivity index (χ2v) is 17.5. The highest BCUT2D eigenvalue weighted by Crippen LogP contribution is 2.63. The van der Waals surface area contributed by atoms with Gasteiger partial charge in [0.15, 0.2) is 0 Å². The molecule has 1 heterocycles. The minimum Gasteiger partial charge on any atom is -0.455 e. The van der Waals surface area contributed by atoms with Gasteiger partial charge < -0.3 is 9.32 Å². The van der Waals surface area contributed by atoms with Crippen LogP contribution in [0.5, 0.6) is 0 Å². The van der Waals surface area contributed by atoms with E-state index < -0.39 is 5.41 Å². The van der Waals surface area contributed by atoms with Gasteiger partial charge in [-0.05, 0) is 126 Å². The number of hydrogen-bond donors (Lipinski definition) is 0. The predicted molar refractivity (Wildman–Crippen MR) is 271 cm³/mol. The number of anilines is 3. The molecule has 2 nitrogen and oxygen atoms in total. The van der Waals surface area contributed by atoms with Gasteiger partial charge in [-0.3, -0.25) is 0 Å². The molecule has 12 aromatic rings. The molecular weight excluding hydrogens is 787 g/mol. The zero-order valence-corrected chi connectivity index (χ0v) is 35.4. The van der Waals surface area contributed by atoms with Crippen molar-refractivity contribution < 1.29 is 4.42 Å². The van der Waals surface area contributed by atoms with E-state index in [-0.39, 0.29) is 0 Å². The third-order valence-corrected chi connectivity index (χ3v) is 14.2. The van der Waals surface area contributed by atoms with E-state index in [1.54, 1.807) is 0 Å². The lowest BCUT2D eigenvalue weighted by atomic mass is 9.70. The van der Waals surface area contributed by atoms with Gasteiger partial charge in [-0.25, -0.2) is 0 Å². The molecule has 1 aromatic heterocycles. The zero-order chi connectivity index (χ0) is 42.6. The van der Waals surface area contributed by atoms with Crippen molar-refractivity contribution in [3.05, 3.63) is 259 Å². The molecule has 0 amide bonds. The highest BCUT2D eigenvalue weighted by atomic mass is 16.3. The summed E-state index contributed by atoms with van der Waals surface area (Å²) in [4.78, 5) is 2.40. The fourth-order valence-corrected chi connectivity index (χ4v) is 11.6. The zero-order valence-electron chi connectivity index (χ0n) is 35.4.